The lowest BCUT2D eigenvalue weighted by atomic mass is 9.78. The molecule has 5 nitrogen and oxygen atoms in total. The quantitative estimate of drug-likeness (QED) is 0.656. The average Bonchev–Trinajstić information content (AvgIpc) is 3.16. The fourth-order valence-corrected chi connectivity index (χ4v) is 5.99. The molecule has 1 saturated heterocycles. The van der Waals surface area contributed by atoms with Gasteiger partial charge in [-0.25, -0.2) is 4.79 Å². The van der Waals surface area contributed by atoms with Gasteiger partial charge in [0.2, 0.25) is 0 Å². The summed E-state index contributed by atoms with van der Waals surface area (Å²) in [7, 11) is 0. The minimum absolute atomic E-state index is 0.0354. The van der Waals surface area contributed by atoms with Crippen LogP contribution in [-0.4, -0.2) is 17.6 Å². The van der Waals surface area contributed by atoms with Crippen LogP contribution in [0.1, 0.15) is 41.8 Å². The van der Waals surface area contributed by atoms with Gasteiger partial charge in [0.15, 0.2) is 5.58 Å². The highest BCUT2D eigenvalue weighted by atomic mass is 35.5. The molecule has 3 unspecified atom stereocenters. The van der Waals surface area contributed by atoms with Gasteiger partial charge >= 0.3 is 5.76 Å². The van der Waals surface area contributed by atoms with E-state index in [1.54, 1.807) is 11.3 Å². The molecular formula is C19H19ClN2O3S. The van der Waals surface area contributed by atoms with E-state index in [1.165, 1.54) is 10.4 Å². The zero-order chi connectivity index (χ0) is 17.9. The number of rotatable bonds is 1. The first-order chi connectivity index (χ1) is 12.5. The van der Waals surface area contributed by atoms with E-state index in [0.29, 0.717) is 12.2 Å². The van der Waals surface area contributed by atoms with Crippen molar-refractivity contribution in [3.8, 4) is 0 Å². The Morgan fingerprint density at radius 2 is 2.23 bits per heavy atom. The van der Waals surface area contributed by atoms with Crippen LogP contribution in [0.15, 0.2) is 33.5 Å². The normalized spacial score (nSPS) is 28.5. The second kappa shape index (κ2) is 5.96. The molecule has 4 heterocycles. The van der Waals surface area contributed by atoms with Crippen LogP contribution in [0.3, 0.4) is 0 Å². The van der Waals surface area contributed by atoms with Gasteiger partial charge in [-0.05, 0) is 37.5 Å². The monoisotopic (exact) mass is 390 g/mol. The molecule has 136 valence electrons. The van der Waals surface area contributed by atoms with E-state index in [-0.39, 0.29) is 17.7 Å². The van der Waals surface area contributed by atoms with Crippen LogP contribution in [0, 0.1) is 0 Å². The Balaban J connectivity index is 1.61. The van der Waals surface area contributed by atoms with E-state index < -0.39 is 5.76 Å². The van der Waals surface area contributed by atoms with E-state index >= 15 is 0 Å². The number of para-hydroxylation sites is 1. The fraction of sp³-hybridized carbons (Fsp3) is 0.421. The maximum Gasteiger partial charge on any atom is 0.417 e. The summed E-state index contributed by atoms with van der Waals surface area (Å²) in [4.78, 5) is 15.7. The van der Waals surface area contributed by atoms with E-state index in [9.17, 15) is 4.79 Å². The summed E-state index contributed by atoms with van der Waals surface area (Å²) in [6, 6.07) is 8.22. The zero-order valence-electron chi connectivity index (χ0n) is 14.3. The Hall–Kier alpha value is -1.60. The minimum atomic E-state index is -0.424. The second-order valence-electron chi connectivity index (χ2n) is 7.26. The first-order valence-electron chi connectivity index (χ1n) is 8.84. The molecule has 0 amide bonds. The zero-order valence-corrected chi connectivity index (χ0v) is 15.9. The molecule has 0 radical (unpaired) electrons. The maximum atomic E-state index is 11.7. The Kier molecular flexibility index (Phi) is 3.79. The highest BCUT2D eigenvalue weighted by Crippen LogP contribution is 2.50. The second-order valence-corrected chi connectivity index (χ2v) is 8.95. The van der Waals surface area contributed by atoms with Crippen LogP contribution in [0.25, 0.3) is 11.1 Å². The van der Waals surface area contributed by atoms with Crippen LogP contribution in [0.5, 0.6) is 0 Å². The Bertz CT molecular complexity index is 1040. The van der Waals surface area contributed by atoms with Gasteiger partial charge in [-0.2, -0.15) is 0 Å². The third-order valence-corrected chi connectivity index (χ3v) is 6.94. The van der Waals surface area contributed by atoms with Gasteiger partial charge in [0.1, 0.15) is 5.60 Å². The predicted molar refractivity (Wildman–Crippen MR) is 102 cm³/mol. The lowest BCUT2D eigenvalue weighted by molar-refractivity contribution is -0.0953. The third kappa shape index (κ3) is 2.55. The summed E-state index contributed by atoms with van der Waals surface area (Å²) in [6.45, 7) is 2.89. The molecule has 2 aliphatic rings. The minimum Gasteiger partial charge on any atom is -0.408 e. The van der Waals surface area contributed by atoms with Gasteiger partial charge in [-0.3, -0.25) is 4.98 Å². The number of ether oxygens (including phenoxy) is 1. The number of aromatic amines is 1. The van der Waals surface area contributed by atoms with E-state index in [2.05, 4.69) is 23.3 Å². The lowest BCUT2D eigenvalue weighted by Gasteiger charge is -2.46. The highest BCUT2D eigenvalue weighted by molar-refractivity contribution is 7.16. The highest BCUT2D eigenvalue weighted by Gasteiger charge is 2.46. The van der Waals surface area contributed by atoms with Crippen LogP contribution < -0.4 is 11.1 Å². The molecule has 26 heavy (non-hydrogen) atoms. The van der Waals surface area contributed by atoms with Crippen LogP contribution in [-0.2, 0) is 16.8 Å². The summed E-state index contributed by atoms with van der Waals surface area (Å²) in [6.07, 6.45) is 2.60. The third-order valence-electron chi connectivity index (χ3n) is 5.45. The fourth-order valence-electron chi connectivity index (χ4n) is 4.53. The predicted octanol–water partition coefficient (Wildman–Crippen LogP) is 4.12. The number of thiophene rings is 1. The van der Waals surface area contributed by atoms with Crippen molar-refractivity contribution < 1.29 is 9.15 Å². The SMILES string of the molecule is CC1CC2(CC(c3cccc4[nH]c(=O)oc34)N1)OCCc1cc(Cl)sc12. The van der Waals surface area contributed by atoms with E-state index in [0.717, 1.165) is 34.7 Å². The number of H-pyrrole nitrogens is 1. The molecule has 1 aromatic carbocycles. The number of oxazole rings is 1. The first-order valence-corrected chi connectivity index (χ1v) is 10.0. The molecular weight excluding hydrogens is 372 g/mol. The van der Waals surface area contributed by atoms with Crippen molar-refractivity contribution in [2.45, 2.75) is 43.9 Å². The summed E-state index contributed by atoms with van der Waals surface area (Å²) < 4.78 is 12.6. The van der Waals surface area contributed by atoms with Gasteiger partial charge in [0, 0.05) is 28.9 Å². The largest absolute Gasteiger partial charge is 0.417 e. The van der Waals surface area contributed by atoms with Crippen LogP contribution >= 0.6 is 22.9 Å². The van der Waals surface area contributed by atoms with Crippen molar-refractivity contribution in [2.24, 2.45) is 0 Å². The standard InChI is InChI=1S/C19H19ClN2O3S/c1-10-8-19(17-11(5-6-24-19)7-15(20)26-17)9-14(21-10)12-3-2-4-13-16(12)25-18(23)22-13/h2-4,7,10,14,21H,5-6,8-9H2,1H3,(H,22,23). The number of nitrogens with one attached hydrogen (secondary N) is 2. The van der Waals surface area contributed by atoms with Crippen molar-refractivity contribution in [1.29, 1.82) is 0 Å². The molecule has 0 saturated carbocycles. The summed E-state index contributed by atoms with van der Waals surface area (Å²) in [5.41, 5.74) is 3.32. The molecule has 2 aliphatic heterocycles. The Morgan fingerprint density at radius 3 is 3.12 bits per heavy atom. The molecule has 2 N–H and O–H groups in total. The van der Waals surface area contributed by atoms with Gasteiger partial charge in [0.05, 0.1) is 16.5 Å². The molecule has 3 atom stereocenters. The number of piperidine rings is 1. The Labute approximate surface area is 159 Å². The van der Waals surface area contributed by atoms with Crippen molar-refractivity contribution in [3.05, 3.63) is 55.2 Å². The van der Waals surface area contributed by atoms with Crippen molar-refractivity contribution in [1.82, 2.24) is 10.3 Å². The molecule has 3 aromatic rings. The van der Waals surface area contributed by atoms with Crippen LogP contribution in [0.2, 0.25) is 4.34 Å². The Morgan fingerprint density at radius 1 is 1.35 bits per heavy atom. The number of hydrogen-bond acceptors (Lipinski definition) is 5. The molecule has 0 bridgehead atoms. The number of aromatic nitrogens is 1. The molecule has 0 aliphatic carbocycles. The van der Waals surface area contributed by atoms with E-state index in [4.69, 9.17) is 20.8 Å². The van der Waals surface area contributed by atoms with Crippen molar-refractivity contribution >= 4 is 34.0 Å². The number of fused-ring (bicyclic) bond motifs is 3. The topological polar surface area (TPSA) is 67.3 Å². The van der Waals surface area contributed by atoms with Crippen LogP contribution in [0.4, 0.5) is 0 Å². The van der Waals surface area contributed by atoms with Crippen molar-refractivity contribution in [2.75, 3.05) is 6.61 Å². The summed E-state index contributed by atoms with van der Waals surface area (Å²) in [5.74, 6) is -0.424. The van der Waals surface area contributed by atoms with Gasteiger partial charge < -0.3 is 14.5 Å². The number of halogens is 1. The lowest BCUT2D eigenvalue weighted by Crippen LogP contribution is -2.49. The van der Waals surface area contributed by atoms with Gasteiger partial charge in [-0.1, -0.05) is 23.7 Å². The molecule has 2 aromatic heterocycles. The maximum absolute atomic E-state index is 11.7. The molecule has 1 fully saturated rings. The van der Waals surface area contributed by atoms with Gasteiger partial charge in [0.25, 0.3) is 0 Å². The molecule has 1 spiro atoms. The first kappa shape index (κ1) is 16.6. The van der Waals surface area contributed by atoms with E-state index in [1.807, 2.05) is 18.2 Å². The van der Waals surface area contributed by atoms with Crippen molar-refractivity contribution in [3.63, 3.8) is 0 Å². The molecule has 7 heteroatoms. The summed E-state index contributed by atoms with van der Waals surface area (Å²) >= 11 is 7.95. The smallest absolute Gasteiger partial charge is 0.408 e. The number of benzene rings is 1. The summed E-state index contributed by atoms with van der Waals surface area (Å²) in [5, 5.41) is 3.66. The average molecular weight is 391 g/mol. The number of hydrogen-bond donors (Lipinski definition) is 2. The molecule has 5 rings (SSSR count). The van der Waals surface area contributed by atoms with Gasteiger partial charge in [-0.15, -0.1) is 11.3 Å².